The number of rotatable bonds is 8. The van der Waals surface area contributed by atoms with Crippen LogP contribution in [0.25, 0.3) is 0 Å². The fourth-order valence-corrected chi connectivity index (χ4v) is 3.46. The Morgan fingerprint density at radius 1 is 0.938 bits per heavy atom. The Morgan fingerprint density at radius 2 is 1.69 bits per heavy atom. The molecule has 0 aliphatic carbocycles. The van der Waals surface area contributed by atoms with Gasteiger partial charge in [0.1, 0.15) is 11.5 Å². The smallest absolute Gasteiger partial charge is 0.276 e. The van der Waals surface area contributed by atoms with Gasteiger partial charge in [-0.1, -0.05) is 57.9 Å². The standard InChI is InChI=1S/C24H22BrClN2O4/c1-16-13-19(26)8-10-21(16)32-15-23(29)27-28-24(30)20-14-18(25)7-9-22(20)31-12-11-17-5-3-2-4-6-17/h2-10,13-14H,11-12,15H2,1H3,(H,27,29)(H,28,30). The molecule has 0 aliphatic heterocycles. The number of benzene rings is 3. The van der Waals surface area contributed by atoms with E-state index in [-0.39, 0.29) is 6.61 Å². The van der Waals surface area contributed by atoms with Gasteiger partial charge >= 0.3 is 0 Å². The summed E-state index contributed by atoms with van der Waals surface area (Å²) >= 11 is 9.27. The lowest BCUT2D eigenvalue weighted by atomic mass is 10.1. The van der Waals surface area contributed by atoms with Gasteiger partial charge in [0.05, 0.1) is 12.2 Å². The van der Waals surface area contributed by atoms with E-state index in [9.17, 15) is 9.59 Å². The molecular formula is C24H22BrClN2O4. The van der Waals surface area contributed by atoms with Crippen molar-refractivity contribution in [1.29, 1.82) is 0 Å². The number of hydrogen-bond acceptors (Lipinski definition) is 4. The fourth-order valence-electron chi connectivity index (χ4n) is 2.88. The third-order valence-electron chi connectivity index (χ3n) is 4.49. The number of nitrogens with one attached hydrogen (secondary N) is 2. The molecule has 3 aromatic rings. The molecule has 0 saturated carbocycles. The molecule has 8 heteroatoms. The molecule has 6 nitrogen and oxygen atoms in total. The second-order valence-corrected chi connectivity index (χ2v) is 8.28. The first-order chi connectivity index (χ1) is 15.4. The highest BCUT2D eigenvalue weighted by Gasteiger charge is 2.15. The normalized spacial score (nSPS) is 10.3. The van der Waals surface area contributed by atoms with Crippen LogP contribution < -0.4 is 20.3 Å². The summed E-state index contributed by atoms with van der Waals surface area (Å²) in [6.45, 7) is 1.97. The lowest BCUT2D eigenvalue weighted by molar-refractivity contribution is -0.123. The van der Waals surface area contributed by atoms with Crippen LogP contribution in [0.5, 0.6) is 11.5 Å². The number of amides is 2. The number of aryl methyl sites for hydroxylation is 1. The van der Waals surface area contributed by atoms with Gasteiger partial charge in [0.2, 0.25) is 0 Å². The van der Waals surface area contributed by atoms with Gasteiger partial charge in [0.15, 0.2) is 6.61 Å². The Bertz CT molecular complexity index is 1090. The van der Waals surface area contributed by atoms with Gasteiger partial charge in [-0.05, 0) is 54.4 Å². The van der Waals surface area contributed by atoms with Crippen LogP contribution in [-0.2, 0) is 11.2 Å². The number of hydrazine groups is 1. The summed E-state index contributed by atoms with van der Waals surface area (Å²) in [6.07, 6.45) is 0.705. The molecule has 0 aromatic heterocycles. The van der Waals surface area contributed by atoms with Crippen molar-refractivity contribution in [3.05, 3.63) is 92.9 Å². The molecule has 0 fully saturated rings. The zero-order valence-electron chi connectivity index (χ0n) is 17.4. The van der Waals surface area contributed by atoms with E-state index in [2.05, 4.69) is 26.8 Å². The summed E-state index contributed by atoms with van der Waals surface area (Å²) in [6, 6.07) is 20.1. The number of ether oxygens (including phenoxy) is 2. The van der Waals surface area contributed by atoms with Gasteiger partial charge in [0.25, 0.3) is 11.8 Å². The van der Waals surface area contributed by atoms with Gasteiger partial charge in [-0.2, -0.15) is 0 Å². The predicted octanol–water partition coefficient (Wildman–Crippen LogP) is 4.87. The van der Waals surface area contributed by atoms with E-state index >= 15 is 0 Å². The number of carbonyl (C=O) groups excluding carboxylic acids is 2. The largest absolute Gasteiger partial charge is 0.492 e. The second kappa shape index (κ2) is 11.5. The summed E-state index contributed by atoms with van der Waals surface area (Å²) in [4.78, 5) is 24.7. The van der Waals surface area contributed by atoms with Crippen LogP contribution in [0.3, 0.4) is 0 Å². The topological polar surface area (TPSA) is 76.7 Å². The summed E-state index contributed by atoms with van der Waals surface area (Å²) in [5.74, 6) is -0.0489. The minimum absolute atomic E-state index is 0.262. The average Bonchev–Trinajstić information content (AvgIpc) is 2.78. The SMILES string of the molecule is Cc1cc(Cl)ccc1OCC(=O)NNC(=O)c1cc(Br)ccc1OCCc1ccccc1. The van der Waals surface area contributed by atoms with Crippen LogP contribution in [0.1, 0.15) is 21.5 Å². The summed E-state index contributed by atoms with van der Waals surface area (Å²) in [7, 11) is 0. The predicted molar refractivity (Wildman–Crippen MR) is 127 cm³/mol. The maximum Gasteiger partial charge on any atom is 0.276 e. The lowest BCUT2D eigenvalue weighted by Gasteiger charge is -2.13. The van der Waals surface area contributed by atoms with Crippen molar-refractivity contribution < 1.29 is 19.1 Å². The van der Waals surface area contributed by atoms with Gasteiger partial charge in [-0.15, -0.1) is 0 Å². The molecule has 0 atom stereocenters. The minimum atomic E-state index is -0.505. The summed E-state index contributed by atoms with van der Waals surface area (Å²) < 4.78 is 12.0. The fraction of sp³-hybridized carbons (Fsp3) is 0.167. The third-order valence-corrected chi connectivity index (χ3v) is 5.22. The van der Waals surface area contributed by atoms with Crippen LogP contribution in [0, 0.1) is 6.92 Å². The highest BCUT2D eigenvalue weighted by molar-refractivity contribution is 9.10. The van der Waals surface area contributed by atoms with Crippen molar-refractivity contribution >= 4 is 39.3 Å². The molecule has 0 radical (unpaired) electrons. The van der Waals surface area contributed by atoms with E-state index in [1.54, 1.807) is 36.4 Å². The van der Waals surface area contributed by atoms with Crippen molar-refractivity contribution in [2.45, 2.75) is 13.3 Å². The molecule has 0 bridgehead atoms. The molecule has 166 valence electrons. The molecule has 0 spiro atoms. The molecule has 2 N–H and O–H groups in total. The monoisotopic (exact) mass is 516 g/mol. The van der Waals surface area contributed by atoms with Crippen molar-refractivity contribution in [2.24, 2.45) is 0 Å². The zero-order chi connectivity index (χ0) is 22.9. The number of hydrogen-bond donors (Lipinski definition) is 2. The number of halogens is 2. The van der Waals surface area contributed by atoms with Gasteiger partial charge < -0.3 is 9.47 Å². The van der Waals surface area contributed by atoms with Gasteiger partial charge in [0, 0.05) is 15.9 Å². The number of carbonyl (C=O) groups is 2. The first kappa shape index (κ1) is 23.6. The second-order valence-electron chi connectivity index (χ2n) is 6.93. The summed E-state index contributed by atoms with van der Waals surface area (Å²) in [5, 5.41) is 0.586. The molecule has 0 unspecified atom stereocenters. The van der Waals surface area contributed by atoms with Crippen molar-refractivity contribution in [1.82, 2.24) is 10.9 Å². The maximum atomic E-state index is 12.6. The first-order valence-electron chi connectivity index (χ1n) is 9.87. The van der Waals surface area contributed by atoms with Crippen LogP contribution in [0.2, 0.25) is 5.02 Å². The van der Waals surface area contributed by atoms with Crippen LogP contribution in [-0.4, -0.2) is 25.0 Å². The molecule has 0 aliphatic rings. The Hall–Kier alpha value is -3.03. The maximum absolute atomic E-state index is 12.6. The Morgan fingerprint density at radius 3 is 2.44 bits per heavy atom. The van der Waals surface area contributed by atoms with Crippen molar-refractivity contribution in [3.8, 4) is 11.5 Å². The third kappa shape index (κ3) is 7.00. The van der Waals surface area contributed by atoms with Crippen molar-refractivity contribution in [3.63, 3.8) is 0 Å². The van der Waals surface area contributed by atoms with E-state index in [1.165, 1.54) is 0 Å². The zero-order valence-corrected chi connectivity index (χ0v) is 19.7. The first-order valence-corrected chi connectivity index (χ1v) is 11.0. The molecule has 32 heavy (non-hydrogen) atoms. The van der Waals surface area contributed by atoms with E-state index in [4.69, 9.17) is 21.1 Å². The molecule has 0 saturated heterocycles. The molecule has 2 amide bonds. The highest BCUT2D eigenvalue weighted by atomic mass is 79.9. The molecule has 3 rings (SSSR count). The molecule has 3 aromatic carbocycles. The Labute approximate surface area is 200 Å². The van der Waals surface area contributed by atoms with E-state index in [0.29, 0.717) is 39.6 Å². The van der Waals surface area contributed by atoms with Crippen LogP contribution in [0.15, 0.2) is 71.2 Å². The van der Waals surface area contributed by atoms with Crippen LogP contribution >= 0.6 is 27.5 Å². The van der Waals surface area contributed by atoms with E-state index in [1.807, 2.05) is 37.3 Å². The Balaban J connectivity index is 1.53. The van der Waals surface area contributed by atoms with E-state index < -0.39 is 11.8 Å². The lowest BCUT2D eigenvalue weighted by Crippen LogP contribution is -2.44. The molecule has 0 heterocycles. The van der Waals surface area contributed by atoms with E-state index in [0.717, 1.165) is 11.1 Å². The van der Waals surface area contributed by atoms with Crippen molar-refractivity contribution in [2.75, 3.05) is 13.2 Å². The summed E-state index contributed by atoms with van der Waals surface area (Å²) in [5.41, 5.74) is 6.98. The minimum Gasteiger partial charge on any atom is -0.492 e. The molecular weight excluding hydrogens is 496 g/mol. The van der Waals surface area contributed by atoms with Gasteiger partial charge in [-0.3, -0.25) is 20.4 Å². The average molecular weight is 518 g/mol. The van der Waals surface area contributed by atoms with Crippen LogP contribution in [0.4, 0.5) is 0 Å². The Kier molecular flexibility index (Phi) is 8.53. The highest BCUT2D eigenvalue weighted by Crippen LogP contribution is 2.24. The quantitative estimate of drug-likeness (QED) is 0.418. The van der Waals surface area contributed by atoms with Gasteiger partial charge in [-0.25, -0.2) is 0 Å².